The number of benzene rings is 1. The van der Waals surface area contributed by atoms with Crippen molar-refractivity contribution in [2.24, 2.45) is 5.92 Å². The summed E-state index contributed by atoms with van der Waals surface area (Å²) in [7, 11) is 1.11. The van der Waals surface area contributed by atoms with Crippen LogP contribution in [0.4, 0.5) is 4.79 Å². The summed E-state index contributed by atoms with van der Waals surface area (Å²) in [6.45, 7) is 6.58. The van der Waals surface area contributed by atoms with Crippen molar-refractivity contribution in [3.05, 3.63) is 35.4 Å². The Hall–Kier alpha value is -2.90. The SMILES string of the molecule is COC(=O)NC(=O)[C@H](C)OC(=O)[C@@H](NC(=O)c1ccccc1C)C(C)C. The second kappa shape index (κ2) is 9.55. The fraction of sp³-hybridized carbons (Fsp3) is 0.444. The molecule has 8 nitrogen and oxygen atoms in total. The van der Waals surface area contributed by atoms with Gasteiger partial charge in [-0.2, -0.15) is 0 Å². The number of nitrogens with one attached hydrogen (secondary N) is 2. The first-order chi connectivity index (χ1) is 12.2. The molecule has 1 rings (SSSR count). The van der Waals surface area contributed by atoms with E-state index in [9.17, 15) is 19.2 Å². The third kappa shape index (κ3) is 5.87. The molecule has 0 aliphatic heterocycles. The molecule has 2 atom stereocenters. The van der Waals surface area contributed by atoms with E-state index in [4.69, 9.17) is 4.74 Å². The van der Waals surface area contributed by atoms with Crippen molar-refractivity contribution < 1.29 is 28.7 Å². The van der Waals surface area contributed by atoms with Gasteiger partial charge in [-0.25, -0.2) is 9.59 Å². The van der Waals surface area contributed by atoms with E-state index in [0.717, 1.165) is 12.7 Å². The van der Waals surface area contributed by atoms with Crippen molar-refractivity contribution in [3.63, 3.8) is 0 Å². The Morgan fingerprint density at radius 1 is 1.04 bits per heavy atom. The molecule has 0 aliphatic rings. The summed E-state index contributed by atoms with van der Waals surface area (Å²) in [6.07, 6.45) is -2.18. The number of carbonyl (C=O) groups is 4. The fourth-order valence-corrected chi connectivity index (χ4v) is 2.10. The highest BCUT2D eigenvalue weighted by atomic mass is 16.6. The zero-order valence-electron chi connectivity index (χ0n) is 15.5. The summed E-state index contributed by atoms with van der Waals surface area (Å²) >= 11 is 0. The first-order valence-electron chi connectivity index (χ1n) is 8.13. The Kier molecular flexibility index (Phi) is 7.77. The van der Waals surface area contributed by atoms with E-state index in [2.05, 4.69) is 10.1 Å². The van der Waals surface area contributed by atoms with Gasteiger partial charge in [0.2, 0.25) is 0 Å². The second-order valence-electron chi connectivity index (χ2n) is 6.07. The van der Waals surface area contributed by atoms with Gasteiger partial charge in [0.05, 0.1) is 7.11 Å². The van der Waals surface area contributed by atoms with Crippen molar-refractivity contribution in [2.45, 2.75) is 39.8 Å². The quantitative estimate of drug-likeness (QED) is 0.741. The summed E-state index contributed by atoms with van der Waals surface area (Å²) in [5.41, 5.74) is 1.22. The van der Waals surface area contributed by atoms with Gasteiger partial charge in [0.1, 0.15) is 6.04 Å². The van der Waals surface area contributed by atoms with E-state index >= 15 is 0 Å². The summed E-state index contributed by atoms with van der Waals surface area (Å²) in [5.74, 6) is -2.27. The average molecular weight is 364 g/mol. The van der Waals surface area contributed by atoms with E-state index in [-0.39, 0.29) is 5.92 Å². The second-order valence-corrected chi connectivity index (χ2v) is 6.07. The molecule has 0 unspecified atom stereocenters. The molecule has 0 bridgehead atoms. The molecule has 0 saturated heterocycles. The van der Waals surface area contributed by atoms with E-state index in [1.165, 1.54) is 6.92 Å². The van der Waals surface area contributed by atoms with Crippen LogP contribution >= 0.6 is 0 Å². The maximum atomic E-state index is 12.4. The number of esters is 1. The van der Waals surface area contributed by atoms with Crippen LogP contribution in [0.5, 0.6) is 0 Å². The lowest BCUT2D eigenvalue weighted by molar-refractivity contribution is -0.157. The molecule has 1 aromatic carbocycles. The predicted octanol–water partition coefficient (Wildman–Crippen LogP) is 1.56. The van der Waals surface area contributed by atoms with Gasteiger partial charge in [0.25, 0.3) is 11.8 Å². The van der Waals surface area contributed by atoms with Crippen LogP contribution in [-0.2, 0) is 19.1 Å². The van der Waals surface area contributed by atoms with Crippen molar-refractivity contribution in [1.82, 2.24) is 10.6 Å². The molecule has 3 amide bonds. The number of rotatable bonds is 6. The summed E-state index contributed by atoms with van der Waals surface area (Å²) in [5, 5.41) is 4.55. The number of methoxy groups -OCH3 is 1. The number of hydrogen-bond donors (Lipinski definition) is 2. The van der Waals surface area contributed by atoms with Crippen molar-refractivity contribution >= 4 is 23.9 Å². The van der Waals surface area contributed by atoms with Crippen molar-refractivity contribution in [1.29, 1.82) is 0 Å². The standard InChI is InChI=1S/C18H24N2O6/c1-10(2)14(19-16(22)13-9-7-6-8-11(13)3)17(23)26-12(4)15(21)20-18(24)25-5/h6-10,12,14H,1-5H3,(H,19,22)(H,20,21,24)/t12-,14-/m0/s1. The Morgan fingerprint density at radius 3 is 2.19 bits per heavy atom. The van der Waals surface area contributed by atoms with Crippen LogP contribution < -0.4 is 10.6 Å². The highest BCUT2D eigenvalue weighted by Crippen LogP contribution is 2.11. The molecule has 0 saturated carbocycles. The van der Waals surface area contributed by atoms with Crippen LogP contribution in [0.1, 0.15) is 36.7 Å². The van der Waals surface area contributed by atoms with Gasteiger partial charge >= 0.3 is 12.1 Å². The van der Waals surface area contributed by atoms with Gasteiger partial charge in [0.15, 0.2) is 6.10 Å². The third-order valence-electron chi connectivity index (χ3n) is 3.67. The summed E-state index contributed by atoms with van der Waals surface area (Å²) in [6, 6.07) is 6.03. The van der Waals surface area contributed by atoms with Crippen LogP contribution in [0.25, 0.3) is 0 Å². The van der Waals surface area contributed by atoms with Crippen LogP contribution in [0.2, 0.25) is 0 Å². The molecule has 0 radical (unpaired) electrons. The smallest absolute Gasteiger partial charge is 0.413 e. The number of ether oxygens (including phenoxy) is 2. The maximum Gasteiger partial charge on any atom is 0.413 e. The monoisotopic (exact) mass is 364 g/mol. The number of carbonyl (C=O) groups excluding carboxylic acids is 4. The Balaban J connectivity index is 2.78. The average Bonchev–Trinajstić information content (AvgIpc) is 2.58. The number of alkyl carbamates (subject to hydrolysis) is 1. The molecule has 0 fully saturated rings. The third-order valence-corrected chi connectivity index (χ3v) is 3.67. The Bertz CT molecular complexity index is 686. The van der Waals surface area contributed by atoms with Crippen molar-refractivity contribution in [2.75, 3.05) is 7.11 Å². The molecular weight excluding hydrogens is 340 g/mol. The molecule has 0 aliphatic carbocycles. The van der Waals surface area contributed by atoms with E-state index < -0.39 is 36.0 Å². The first-order valence-corrected chi connectivity index (χ1v) is 8.13. The molecular formula is C18H24N2O6. The summed E-state index contributed by atoms with van der Waals surface area (Å²) in [4.78, 5) is 47.6. The van der Waals surface area contributed by atoms with E-state index in [1.807, 2.05) is 11.4 Å². The number of imide groups is 1. The van der Waals surface area contributed by atoms with E-state index in [1.54, 1.807) is 39.0 Å². The number of hydrogen-bond acceptors (Lipinski definition) is 6. The van der Waals surface area contributed by atoms with Crippen molar-refractivity contribution in [3.8, 4) is 0 Å². The van der Waals surface area contributed by atoms with Gasteiger partial charge in [-0.3, -0.25) is 14.9 Å². The molecule has 26 heavy (non-hydrogen) atoms. The largest absolute Gasteiger partial charge is 0.453 e. The molecule has 8 heteroatoms. The molecule has 1 aromatic rings. The van der Waals surface area contributed by atoms with Gasteiger partial charge in [0, 0.05) is 5.56 Å². The Labute approximate surface area is 152 Å². The minimum absolute atomic E-state index is 0.272. The minimum atomic E-state index is -1.22. The molecule has 0 aromatic heterocycles. The van der Waals surface area contributed by atoms with Crippen LogP contribution in [0.3, 0.4) is 0 Å². The van der Waals surface area contributed by atoms with Gasteiger partial charge in [-0.15, -0.1) is 0 Å². The zero-order chi connectivity index (χ0) is 19.9. The van der Waals surface area contributed by atoms with Gasteiger partial charge in [-0.1, -0.05) is 32.0 Å². The summed E-state index contributed by atoms with van der Waals surface area (Å²) < 4.78 is 9.38. The predicted molar refractivity (Wildman–Crippen MR) is 93.4 cm³/mol. The number of amides is 3. The zero-order valence-corrected chi connectivity index (χ0v) is 15.5. The van der Waals surface area contributed by atoms with Crippen LogP contribution in [0, 0.1) is 12.8 Å². The van der Waals surface area contributed by atoms with Crippen LogP contribution in [0.15, 0.2) is 24.3 Å². The normalized spacial score (nSPS) is 12.7. The van der Waals surface area contributed by atoms with Gasteiger partial charge < -0.3 is 14.8 Å². The minimum Gasteiger partial charge on any atom is -0.453 e. The topological polar surface area (TPSA) is 111 Å². The molecule has 142 valence electrons. The van der Waals surface area contributed by atoms with Gasteiger partial charge in [-0.05, 0) is 31.4 Å². The highest BCUT2D eigenvalue weighted by Gasteiger charge is 2.30. The highest BCUT2D eigenvalue weighted by molar-refractivity contribution is 5.99. The molecule has 2 N–H and O–H groups in total. The number of aryl methyl sites for hydroxylation is 1. The fourth-order valence-electron chi connectivity index (χ4n) is 2.10. The first kappa shape index (κ1) is 21.1. The lowest BCUT2D eigenvalue weighted by atomic mass is 10.0. The molecule has 0 spiro atoms. The van der Waals surface area contributed by atoms with E-state index in [0.29, 0.717) is 5.56 Å². The maximum absolute atomic E-state index is 12.4. The lowest BCUT2D eigenvalue weighted by Gasteiger charge is -2.23. The van der Waals surface area contributed by atoms with Crippen LogP contribution in [-0.4, -0.2) is 43.1 Å². The molecule has 0 heterocycles. The lowest BCUT2D eigenvalue weighted by Crippen LogP contribution is -2.48. The Morgan fingerprint density at radius 2 is 1.65 bits per heavy atom.